The Bertz CT molecular complexity index is 596. The number of amides is 2. The number of rotatable bonds is 13. The van der Waals surface area contributed by atoms with E-state index < -0.39 is 60.6 Å². The molecule has 0 aromatic heterocycles. The Balaban J connectivity index is 4.82. The third kappa shape index (κ3) is 10.8. The van der Waals surface area contributed by atoms with Crippen molar-refractivity contribution in [1.82, 2.24) is 10.6 Å². The van der Waals surface area contributed by atoms with Crippen LogP contribution in [0, 0.1) is 0 Å². The molecule has 0 rings (SSSR count). The van der Waals surface area contributed by atoms with Crippen molar-refractivity contribution in [1.29, 1.82) is 0 Å². The van der Waals surface area contributed by atoms with Gasteiger partial charge in [-0.15, -0.1) is 0 Å². The highest BCUT2D eigenvalue weighted by molar-refractivity contribution is 8.00. The van der Waals surface area contributed by atoms with E-state index >= 15 is 0 Å². The summed E-state index contributed by atoms with van der Waals surface area (Å²) >= 11 is 0.823. The van der Waals surface area contributed by atoms with Gasteiger partial charge in [0.15, 0.2) is 0 Å². The van der Waals surface area contributed by atoms with Gasteiger partial charge in [-0.3, -0.25) is 24.0 Å². The molecule has 2 amide bonds. The van der Waals surface area contributed by atoms with Crippen molar-refractivity contribution in [3.63, 3.8) is 0 Å². The van der Waals surface area contributed by atoms with Gasteiger partial charge in [0.1, 0.15) is 12.6 Å². The van der Waals surface area contributed by atoms with Crippen molar-refractivity contribution in [3.8, 4) is 0 Å². The lowest BCUT2D eigenvalue weighted by atomic mass is 10.2. The summed E-state index contributed by atoms with van der Waals surface area (Å²) in [6.45, 7) is 0.836. The van der Waals surface area contributed by atoms with Crippen molar-refractivity contribution in [3.05, 3.63) is 0 Å². The average Bonchev–Trinajstić information content (AvgIpc) is 2.57. The number of carbonyl (C=O) groups excluding carboxylic acids is 4. The molecule has 152 valence electrons. The van der Waals surface area contributed by atoms with Crippen LogP contribution in [0.25, 0.3) is 0 Å². The van der Waals surface area contributed by atoms with Gasteiger partial charge in [0.2, 0.25) is 17.6 Å². The number of hydrogen-bond donors (Lipinski definition) is 5. The van der Waals surface area contributed by atoms with Gasteiger partial charge in [0.05, 0.1) is 24.8 Å². The van der Waals surface area contributed by atoms with Gasteiger partial charge in [-0.2, -0.15) is 11.8 Å². The van der Waals surface area contributed by atoms with Crippen LogP contribution >= 0.6 is 11.8 Å². The molecule has 6 N–H and O–H groups in total. The van der Waals surface area contributed by atoms with Crippen molar-refractivity contribution in [2.75, 3.05) is 24.7 Å². The molecule has 0 aromatic rings. The Hall–Kier alpha value is -2.67. The predicted octanol–water partition coefficient (Wildman–Crippen LogP) is -2.66. The van der Waals surface area contributed by atoms with Crippen LogP contribution in [0.5, 0.6) is 0 Å². The number of carboxylic acids is 2. The minimum absolute atomic E-state index is 0.0208. The smallest absolute Gasteiger partial charge is 0.375 e. The van der Waals surface area contributed by atoms with Gasteiger partial charge in [0, 0.05) is 5.75 Å². The molecule has 27 heavy (non-hydrogen) atoms. The second-order valence-corrected chi connectivity index (χ2v) is 6.07. The van der Waals surface area contributed by atoms with Gasteiger partial charge in [-0.25, -0.2) is 4.79 Å². The number of aliphatic carboxylic acids is 2. The first kappa shape index (κ1) is 24.3. The number of nitrogens with two attached hydrogens (primary N) is 1. The predicted molar refractivity (Wildman–Crippen MR) is 91.8 cm³/mol. The molecule has 0 saturated heterocycles. The van der Waals surface area contributed by atoms with Gasteiger partial charge in [0.25, 0.3) is 0 Å². The largest absolute Gasteiger partial charge is 0.481 e. The maximum Gasteiger partial charge on any atom is 0.375 e. The SMILES string of the molecule is CCOC(=O)C(=O)CSCC(NC(=O)C(N)CC(=O)O)C(=O)NCC(=O)O. The first-order chi connectivity index (χ1) is 12.6. The highest BCUT2D eigenvalue weighted by Crippen LogP contribution is 2.05. The van der Waals surface area contributed by atoms with E-state index in [9.17, 15) is 28.8 Å². The number of hydrogen-bond acceptors (Lipinski definition) is 9. The zero-order chi connectivity index (χ0) is 21.0. The fourth-order valence-corrected chi connectivity index (χ4v) is 2.46. The van der Waals surface area contributed by atoms with Crippen LogP contribution in [0.1, 0.15) is 13.3 Å². The Morgan fingerprint density at radius 2 is 1.70 bits per heavy atom. The van der Waals surface area contributed by atoms with Crippen molar-refractivity contribution < 1.29 is 43.7 Å². The first-order valence-electron chi connectivity index (χ1n) is 7.63. The number of nitrogens with one attached hydrogen (secondary N) is 2. The average molecular weight is 407 g/mol. The van der Waals surface area contributed by atoms with E-state index in [2.05, 4.69) is 10.1 Å². The van der Waals surface area contributed by atoms with E-state index in [1.807, 2.05) is 5.32 Å². The number of carboxylic acid groups (broad SMARTS) is 2. The van der Waals surface area contributed by atoms with Crippen LogP contribution in [-0.2, 0) is 33.5 Å². The maximum absolute atomic E-state index is 12.0. The summed E-state index contributed by atoms with van der Waals surface area (Å²) in [5.74, 6) is -6.86. The molecule has 0 aliphatic heterocycles. The van der Waals surface area contributed by atoms with E-state index in [1.54, 1.807) is 0 Å². The highest BCUT2D eigenvalue weighted by atomic mass is 32.2. The summed E-state index contributed by atoms with van der Waals surface area (Å²) < 4.78 is 4.52. The summed E-state index contributed by atoms with van der Waals surface area (Å²) in [6, 6.07) is -2.72. The van der Waals surface area contributed by atoms with Gasteiger partial charge < -0.3 is 31.3 Å². The molecule has 12 nitrogen and oxygen atoms in total. The van der Waals surface area contributed by atoms with Crippen molar-refractivity contribution >= 4 is 47.3 Å². The van der Waals surface area contributed by atoms with E-state index in [0.717, 1.165) is 11.8 Å². The lowest BCUT2D eigenvalue weighted by Crippen LogP contribution is -2.53. The van der Waals surface area contributed by atoms with Crippen LogP contribution in [0.2, 0.25) is 0 Å². The van der Waals surface area contributed by atoms with Crippen LogP contribution in [-0.4, -0.2) is 82.5 Å². The minimum atomic E-state index is -1.43. The normalized spacial score (nSPS) is 12.4. The zero-order valence-electron chi connectivity index (χ0n) is 14.4. The Morgan fingerprint density at radius 3 is 2.22 bits per heavy atom. The fraction of sp³-hybridized carbons (Fsp3) is 0.571. The number of Topliss-reactive ketones (excluding diaryl/α,β-unsaturated/α-hetero) is 1. The molecule has 0 saturated carbocycles. The second-order valence-electron chi connectivity index (χ2n) is 5.04. The molecule has 0 radical (unpaired) electrons. The highest BCUT2D eigenvalue weighted by Gasteiger charge is 2.26. The summed E-state index contributed by atoms with van der Waals surface area (Å²) in [5.41, 5.74) is 5.40. The topological polar surface area (TPSA) is 202 Å². The second kappa shape index (κ2) is 12.6. The molecule has 0 heterocycles. The number of thioether (sulfide) groups is 1. The zero-order valence-corrected chi connectivity index (χ0v) is 15.2. The fourth-order valence-electron chi connectivity index (χ4n) is 1.57. The maximum atomic E-state index is 12.0. The molecule has 0 fully saturated rings. The molecule has 0 aromatic carbocycles. The van der Waals surface area contributed by atoms with Crippen LogP contribution in [0.4, 0.5) is 0 Å². The molecule has 13 heteroatoms. The van der Waals surface area contributed by atoms with Gasteiger partial charge in [-0.05, 0) is 6.92 Å². The lowest BCUT2D eigenvalue weighted by molar-refractivity contribution is -0.152. The number of ketones is 1. The number of ether oxygens (including phenoxy) is 1. The van der Waals surface area contributed by atoms with Gasteiger partial charge >= 0.3 is 17.9 Å². The summed E-state index contributed by atoms with van der Waals surface area (Å²) in [4.78, 5) is 67.7. The first-order valence-corrected chi connectivity index (χ1v) is 8.78. The van der Waals surface area contributed by atoms with E-state index in [-0.39, 0.29) is 18.1 Å². The summed E-state index contributed by atoms with van der Waals surface area (Å²) in [5, 5.41) is 21.5. The van der Waals surface area contributed by atoms with E-state index in [4.69, 9.17) is 15.9 Å². The molecule has 0 aliphatic carbocycles. The van der Waals surface area contributed by atoms with E-state index in [0.29, 0.717) is 0 Å². The quantitative estimate of drug-likeness (QED) is 0.157. The third-order valence-electron chi connectivity index (χ3n) is 2.80. The molecule has 0 aliphatic rings. The van der Waals surface area contributed by atoms with Crippen LogP contribution < -0.4 is 16.4 Å². The van der Waals surface area contributed by atoms with Gasteiger partial charge in [-0.1, -0.05) is 0 Å². The molecular weight excluding hydrogens is 386 g/mol. The van der Waals surface area contributed by atoms with Crippen LogP contribution in [0.3, 0.4) is 0 Å². The van der Waals surface area contributed by atoms with Crippen LogP contribution in [0.15, 0.2) is 0 Å². The Kier molecular flexibility index (Phi) is 11.4. The molecule has 0 spiro atoms. The standard InChI is InChI=1S/C14H21N3O9S/c1-2-26-14(25)9(18)6-27-5-8(13(24)16-4-11(21)22)17-12(23)7(15)3-10(19)20/h7-8H,2-6,15H2,1H3,(H,16,24)(H,17,23)(H,19,20)(H,21,22). The summed E-state index contributed by atoms with van der Waals surface area (Å²) in [6.07, 6.45) is -0.677. The summed E-state index contributed by atoms with van der Waals surface area (Å²) in [7, 11) is 0. The lowest BCUT2D eigenvalue weighted by Gasteiger charge is -2.19. The number of esters is 1. The monoisotopic (exact) mass is 407 g/mol. The number of carbonyl (C=O) groups is 6. The Labute approximate surface area is 158 Å². The molecule has 0 bridgehead atoms. The molecule has 2 atom stereocenters. The third-order valence-corrected chi connectivity index (χ3v) is 3.83. The minimum Gasteiger partial charge on any atom is -0.481 e. The van der Waals surface area contributed by atoms with E-state index in [1.165, 1.54) is 6.92 Å². The molecular formula is C14H21N3O9S. The van der Waals surface area contributed by atoms with Crippen molar-refractivity contribution in [2.45, 2.75) is 25.4 Å². The Morgan fingerprint density at radius 1 is 1.07 bits per heavy atom. The molecule has 2 unspecified atom stereocenters. The van der Waals surface area contributed by atoms with Crippen molar-refractivity contribution in [2.24, 2.45) is 5.73 Å².